The zero-order chi connectivity index (χ0) is 12.4. The first-order valence-corrected chi connectivity index (χ1v) is 5.88. The first-order chi connectivity index (χ1) is 8.17. The van der Waals surface area contributed by atoms with Crippen molar-refractivity contribution in [2.24, 2.45) is 5.73 Å². The normalized spacial score (nSPS) is 12.7. The molecule has 4 heteroatoms. The summed E-state index contributed by atoms with van der Waals surface area (Å²) in [5, 5.41) is 1.67. The van der Waals surface area contributed by atoms with Crippen LogP contribution in [0, 0.1) is 0 Å². The summed E-state index contributed by atoms with van der Waals surface area (Å²) in [6, 6.07) is 7.67. The Labute approximate surface area is 106 Å². The van der Waals surface area contributed by atoms with Crippen molar-refractivity contribution >= 4 is 22.5 Å². The highest BCUT2D eigenvalue weighted by Crippen LogP contribution is 2.31. The summed E-state index contributed by atoms with van der Waals surface area (Å²) >= 11 is 6.37. The Morgan fingerprint density at radius 1 is 1.35 bits per heavy atom. The second-order valence-corrected chi connectivity index (χ2v) is 4.40. The number of benzene rings is 1. The third-order valence-corrected chi connectivity index (χ3v) is 3.33. The van der Waals surface area contributed by atoms with E-state index in [1.54, 1.807) is 7.11 Å². The zero-order valence-electron chi connectivity index (χ0n) is 9.90. The molecule has 17 heavy (non-hydrogen) atoms. The Hall–Kier alpha value is -1.32. The highest BCUT2D eigenvalue weighted by molar-refractivity contribution is 6.36. The van der Waals surface area contributed by atoms with Gasteiger partial charge in [0, 0.05) is 11.5 Å². The van der Waals surface area contributed by atoms with Gasteiger partial charge in [0.05, 0.1) is 17.6 Å². The topological polar surface area (TPSA) is 48.1 Å². The van der Waals surface area contributed by atoms with E-state index in [-0.39, 0.29) is 5.92 Å². The van der Waals surface area contributed by atoms with Gasteiger partial charge in [0.2, 0.25) is 5.88 Å². The zero-order valence-corrected chi connectivity index (χ0v) is 10.7. The molecule has 2 rings (SSSR count). The first kappa shape index (κ1) is 12.1. The van der Waals surface area contributed by atoms with Crippen molar-refractivity contribution in [3.05, 3.63) is 34.9 Å². The number of hydrogen-bond acceptors (Lipinski definition) is 3. The molecular formula is C13H15ClN2O. The van der Waals surface area contributed by atoms with Gasteiger partial charge in [-0.3, -0.25) is 0 Å². The van der Waals surface area contributed by atoms with E-state index < -0.39 is 0 Å². The van der Waals surface area contributed by atoms with Crippen LogP contribution in [0.15, 0.2) is 24.3 Å². The third-order valence-electron chi connectivity index (χ3n) is 2.90. The van der Waals surface area contributed by atoms with Crippen LogP contribution in [0.4, 0.5) is 0 Å². The number of methoxy groups -OCH3 is 1. The van der Waals surface area contributed by atoms with Crippen molar-refractivity contribution in [3.8, 4) is 5.88 Å². The minimum Gasteiger partial charge on any atom is -0.481 e. The highest BCUT2D eigenvalue weighted by Gasteiger charge is 2.11. The van der Waals surface area contributed by atoms with Gasteiger partial charge in [-0.1, -0.05) is 24.6 Å². The van der Waals surface area contributed by atoms with E-state index in [9.17, 15) is 0 Å². The number of halogens is 1. The van der Waals surface area contributed by atoms with Crippen LogP contribution in [0.25, 0.3) is 10.9 Å². The monoisotopic (exact) mass is 250 g/mol. The Morgan fingerprint density at radius 3 is 2.76 bits per heavy atom. The minimum atomic E-state index is 0.244. The average molecular weight is 251 g/mol. The number of aromatic nitrogens is 1. The van der Waals surface area contributed by atoms with Gasteiger partial charge in [-0.2, -0.15) is 0 Å². The van der Waals surface area contributed by atoms with Crippen LogP contribution < -0.4 is 10.5 Å². The smallest absolute Gasteiger partial charge is 0.213 e. The molecule has 2 N–H and O–H groups in total. The molecule has 0 aliphatic heterocycles. The Balaban J connectivity index is 2.60. The number of nitrogens with zero attached hydrogens (tertiary/aromatic N) is 1. The molecular weight excluding hydrogens is 236 g/mol. The number of ether oxygens (including phenoxy) is 1. The molecule has 0 aliphatic rings. The van der Waals surface area contributed by atoms with Crippen molar-refractivity contribution in [2.45, 2.75) is 12.8 Å². The van der Waals surface area contributed by atoms with Crippen molar-refractivity contribution in [1.82, 2.24) is 4.98 Å². The molecule has 0 saturated carbocycles. The summed E-state index contributed by atoms with van der Waals surface area (Å²) in [6.07, 6.45) is 0. The lowest BCUT2D eigenvalue weighted by molar-refractivity contribution is 0.399. The minimum absolute atomic E-state index is 0.244. The maximum absolute atomic E-state index is 6.37. The van der Waals surface area contributed by atoms with Gasteiger partial charge < -0.3 is 10.5 Å². The molecule has 1 aromatic carbocycles. The summed E-state index contributed by atoms with van der Waals surface area (Å²) in [6.45, 7) is 2.64. The summed E-state index contributed by atoms with van der Waals surface area (Å²) in [5.41, 5.74) is 7.57. The number of hydrogen-bond donors (Lipinski definition) is 1. The van der Waals surface area contributed by atoms with Crippen molar-refractivity contribution < 1.29 is 4.74 Å². The average Bonchev–Trinajstić information content (AvgIpc) is 2.38. The summed E-state index contributed by atoms with van der Waals surface area (Å²) < 4.78 is 5.09. The Morgan fingerprint density at radius 2 is 2.12 bits per heavy atom. The predicted molar refractivity (Wildman–Crippen MR) is 70.8 cm³/mol. The maximum Gasteiger partial charge on any atom is 0.213 e. The van der Waals surface area contributed by atoms with Crippen molar-refractivity contribution in [2.75, 3.05) is 13.7 Å². The second-order valence-electron chi connectivity index (χ2n) is 4.03. The van der Waals surface area contributed by atoms with Crippen LogP contribution in [0.3, 0.4) is 0 Å². The van der Waals surface area contributed by atoms with Gasteiger partial charge >= 0.3 is 0 Å². The van der Waals surface area contributed by atoms with Crippen LogP contribution >= 0.6 is 11.6 Å². The molecule has 0 bridgehead atoms. The van der Waals surface area contributed by atoms with E-state index >= 15 is 0 Å². The second kappa shape index (κ2) is 4.90. The van der Waals surface area contributed by atoms with Crippen LogP contribution in [-0.2, 0) is 0 Å². The van der Waals surface area contributed by atoms with Crippen LogP contribution in [0.1, 0.15) is 18.4 Å². The standard InChI is InChI=1S/C13H15ClN2O/c1-8(7-15)9-3-5-11-10(13(9)14)4-6-12(16-11)17-2/h3-6,8H,7,15H2,1-2H3. The van der Waals surface area contributed by atoms with E-state index in [2.05, 4.69) is 11.9 Å². The quantitative estimate of drug-likeness (QED) is 0.911. The number of pyridine rings is 1. The molecule has 1 heterocycles. The molecule has 0 fully saturated rings. The fourth-order valence-electron chi connectivity index (χ4n) is 1.79. The summed E-state index contributed by atoms with van der Waals surface area (Å²) in [5.74, 6) is 0.835. The summed E-state index contributed by atoms with van der Waals surface area (Å²) in [7, 11) is 1.60. The molecule has 1 unspecified atom stereocenters. The van der Waals surface area contributed by atoms with E-state index in [1.807, 2.05) is 24.3 Å². The van der Waals surface area contributed by atoms with Gasteiger partial charge in [-0.05, 0) is 30.2 Å². The lowest BCUT2D eigenvalue weighted by Gasteiger charge is -2.13. The first-order valence-electron chi connectivity index (χ1n) is 5.50. The van der Waals surface area contributed by atoms with Gasteiger partial charge in [0.1, 0.15) is 0 Å². The molecule has 1 atom stereocenters. The van der Waals surface area contributed by atoms with Crippen LogP contribution in [0.2, 0.25) is 5.02 Å². The number of rotatable bonds is 3. The highest BCUT2D eigenvalue weighted by atomic mass is 35.5. The van der Waals surface area contributed by atoms with E-state index in [4.69, 9.17) is 22.1 Å². The lowest BCUT2D eigenvalue weighted by atomic mass is 9.99. The molecule has 0 saturated heterocycles. The fraction of sp³-hybridized carbons (Fsp3) is 0.308. The number of nitrogens with two attached hydrogens (primary N) is 1. The molecule has 0 aliphatic carbocycles. The van der Waals surface area contributed by atoms with Gasteiger partial charge in [0.15, 0.2) is 0 Å². The molecule has 1 aromatic heterocycles. The van der Waals surface area contributed by atoms with E-state index in [0.717, 1.165) is 21.5 Å². The van der Waals surface area contributed by atoms with Crippen molar-refractivity contribution in [1.29, 1.82) is 0 Å². The number of fused-ring (bicyclic) bond motifs is 1. The maximum atomic E-state index is 6.37. The Kier molecular flexibility index (Phi) is 3.50. The van der Waals surface area contributed by atoms with E-state index in [0.29, 0.717) is 12.4 Å². The SMILES string of the molecule is COc1ccc2c(Cl)c(C(C)CN)ccc2n1. The largest absolute Gasteiger partial charge is 0.481 e. The van der Waals surface area contributed by atoms with Gasteiger partial charge in [-0.15, -0.1) is 0 Å². The van der Waals surface area contributed by atoms with Crippen LogP contribution in [0.5, 0.6) is 5.88 Å². The third kappa shape index (κ3) is 2.21. The van der Waals surface area contributed by atoms with Gasteiger partial charge in [0.25, 0.3) is 0 Å². The predicted octanol–water partition coefficient (Wildman–Crippen LogP) is 2.96. The molecule has 0 radical (unpaired) electrons. The Bertz CT molecular complexity index is 542. The van der Waals surface area contributed by atoms with Crippen molar-refractivity contribution in [3.63, 3.8) is 0 Å². The van der Waals surface area contributed by atoms with E-state index in [1.165, 1.54) is 0 Å². The summed E-state index contributed by atoms with van der Waals surface area (Å²) in [4.78, 5) is 4.34. The lowest BCUT2D eigenvalue weighted by Crippen LogP contribution is -2.09. The molecule has 90 valence electrons. The van der Waals surface area contributed by atoms with Gasteiger partial charge in [-0.25, -0.2) is 4.98 Å². The molecule has 2 aromatic rings. The van der Waals surface area contributed by atoms with Crippen LogP contribution in [-0.4, -0.2) is 18.6 Å². The fourth-order valence-corrected chi connectivity index (χ4v) is 2.20. The molecule has 3 nitrogen and oxygen atoms in total. The molecule has 0 amide bonds. The molecule has 0 spiro atoms.